The number of ether oxygens (including phenoxy) is 2. The molecule has 6 heteroatoms. The van der Waals surface area contributed by atoms with Gasteiger partial charge in [-0.2, -0.15) is 0 Å². The monoisotopic (exact) mass is 464 g/mol. The molecule has 33 heavy (non-hydrogen) atoms. The average Bonchev–Trinajstić information content (AvgIpc) is 2.81. The van der Waals surface area contributed by atoms with Gasteiger partial charge in [0.2, 0.25) is 0 Å². The average molecular weight is 464 g/mol. The van der Waals surface area contributed by atoms with Crippen LogP contribution in [0.15, 0.2) is 60.7 Å². The number of rotatable bonds is 7. The van der Waals surface area contributed by atoms with Gasteiger partial charge in [0.1, 0.15) is 11.5 Å². The topological polar surface area (TPSA) is 69.7 Å². The van der Waals surface area contributed by atoms with Crippen molar-refractivity contribution in [1.29, 1.82) is 0 Å². The summed E-state index contributed by atoms with van der Waals surface area (Å²) >= 11 is 0. The van der Waals surface area contributed by atoms with E-state index in [4.69, 9.17) is 9.47 Å². The maximum atomic E-state index is 14.9. The molecule has 5 nitrogen and oxygen atoms in total. The number of carbonyl (C=O) groups excluding carboxylic acids is 2. The fraction of sp³-hybridized carbons (Fsp3) is 0.259. The fourth-order valence-corrected chi connectivity index (χ4v) is 6.50. The smallest absolute Gasteiger partial charge is 0.310 e. The Morgan fingerprint density at radius 1 is 0.667 bits per heavy atom. The summed E-state index contributed by atoms with van der Waals surface area (Å²) in [5.41, 5.74) is 3.12. The molecule has 3 aromatic carbocycles. The summed E-state index contributed by atoms with van der Waals surface area (Å²) in [6.45, 7) is 9.46. The third-order valence-electron chi connectivity index (χ3n) is 5.59. The summed E-state index contributed by atoms with van der Waals surface area (Å²) in [5.74, 6) is 0.174. The number of esters is 2. The first-order valence-electron chi connectivity index (χ1n) is 11.0. The van der Waals surface area contributed by atoms with E-state index in [9.17, 15) is 14.2 Å². The van der Waals surface area contributed by atoms with E-state index in [2.05, 4.69) is 0 Å². The van der Waals surface area contributed by atoms with Gasteiger partial charge in [0.15, 0.2) is 7.14 Å². The minimum Gasteiger partial charge on any atom is -0.427 e. The summed E-state index contributed by atoms with van der Waals surface area (Å²) in [4.78, 5) is 23.3. The first kappa shape index (κ1) is 24.5. The molecular formula is C27H29O5P. The number of hydrogen-bond acceptors (Lipinski definition) is 5. The van der Waals surface area contributed by atoms with E-state index >= 15 is 0 Å². The molecule has 0 unspecified atom stereocenters. The van der Waals surface area contributed by atoms with Crippen molar-refractivity contribution in [2.45, 2.75) is 47.5 Å². The first-order chi connectivity index (χ1) is 15.7. The molecular weight excluding hydrogens is 435 g/mol. The van der Waals surface area contributed by atoms with E-state index in [0.29, 0.717) is 22.1 Å². The molecule has 0 aromatic heterocycles. The molecule has 0 heterocycles. The third kappa shape index (κ3) is 5.26. The van der Waals surface area contributed by atoms with Crippen LogP contribution < -0.4 is 25.4 Å². The molecule has 0 aliphatic heterocycles. The molecule has 172 valence electrons. The summed E-state index contributed by atoms with van der Waals surface area (Å²) in [6.07, 6.45) is 0.550. The fourth-order valence-electron chi connectivity index (χ4n) is 3.57. The van der Waals surface area contributed by atoms with E-state index in [0.717, 1.165) is 22.0 Å². The molecule has 3 aromatic rings. The van der Waals surface area contributed by atoms with Crippen LogP contribution in [0, 0.1) is 20.8 Å². The second-order valence-corrected chi connectivity index (χ2v) is 10.7. The van der Waals surface area contributed by atoms with Crippen LogP contribution in [0.4, 0.5) is 0 Å². The maximum absolute atomic E-state index is 14.9. The van der Waals surface area contributed by atoms with Crippen LogP contribution in [0.25, 0.3) is 0 Å². The van der Waals surface area contributed by atoms with Gasteiger partial charge in [0.05, 0.1) is 0 Å². The van der Waals surface area contributed by atoms with Crippen LogP contribution in [0.5, 0.6) is 11.5 Å². The Kier molecular flexibility index (Phi) is 7.55. The Morgan fingerprint density at radius 2 is 1.06 bits per heavy atom. The predicted molar refractivity (Wildman–Crippen MR) is 132 cm³/mol. The molecule has 0 amide bonds. The Balaban J connectivity index is 2.13. The van der Waals surface area contributed by atoms with Gasteiger partial charge >= 0.3 is 11.9 Å². The van der Waals surface area contributed by atoms with E-state index in [1.165, 1.54) is 0 Å². The quantitative estimate of drug-likeness (QED) is 0.283. The third-order valence-corrected chi connectivity index (χ3v) is 8.80. The summed E-state index contributed by atoms with van der Waals surface area (Å²) < 4.78 is 25.4. The lowest BCUT2D eigenvalue weighted by Gasteiger charge is -2.23. The summed E-state index contributed by atoms with van der Waals surface area (Å²) in [7, 11) is -3.26. The molecule has 0 aliphatic carbocycles. The van der Waals surface area contributed by atoms with Crippen molar-refractivity contribution >= 4 is 35.0 Å². The molecule has 0 saturated carbocycles. The number of hydrogen-bond donors (Lipinski definition) is 0. The van der Waals surface area contributed by atoms with Crippen molar-refractivity contribution in [2.75, 3.05) is 0 Å². The predicted octanol–water partition coefficient (Wildman–Crippen LogP) is 4.88. The van der Waals surface area contributed by atoms with Gasteiger partial charge in [-0.3, -0.25) is 9.59 Å². The van der Waals surface area contributed by atoms with Crippen LogP contribution in [0.2, 0.25) is 0 Å². The lowest BCUT2D eigenvalue weighted by Crippen LogP contribution is -2.27. The normalized spacial score (nSPS) is 11.2. The Hall–Kier alpha value is -3.17. The Morgan fingerprint density at radius 3 is 1.45 bits per heavy atom. The van der Waals surface area contributed by atoms with Crippen LogP contribution in [0.1, 0.15) is 43.4 Å². The van der Waals surface area contributed by atoms with E-state index < -0.39 is 7.14 Å². The van der Waals surface area contributed by atoms with Crippen LogP contribution in [0.3, 0.4) is 0 Å². The highest BCUT2D eigenvalue weighted by molar-refractivity contribution is 7.85. The Labute approximate surface area is 195 Å². The van der Waals surface area contributed by atoms with Gasteiger partial charge in [-0.1, -0.05) is 19.9 Å². The molecule has 0 bridgehead atoms. The van der Waals surface area contributed by atoms with Gasteiger partial charge in [-0.05, 0) is 92.1 Å². The zero-order chi connectivity index (χ0) is 24.2. The largest absolute Gasteiger partial charge is 0.427 e. The van der Waals surface area contributed by atoms with Crippen molar-refractivity contribution in [3.05, 3.63) is 77.4 Å². The molecule has 0 atom stereocenters. The number of benzene rings is 3. The van der Waals surface area contributed by atoms with Gasteiger partial charge in [-0.25, -0.2) is 0 Å². The highest BCUT2D eigenvalue weighted by Crippen LogP contribution is 2.44. The van der Waals surface area contributed by atoms with Crippen LogP contribution in [-0.2, 0) is 14.2 Å². The molecule has 0 fully saturated rings. The summed E-state index contributed by atoms with van der Waals surface area (Å²) in [6, 6.07) is 17.7. The second kappa shape index (κ2) is 10.2. The minimum atomic E-state index is -3.26. The van der Waals surface area contributed by atoms with Gasteiger partial charge in [0.25, 0.3) is 0 Å². The Bertz CT molecular complexity index is 1150. The van der Waals surface area contributed by atoms with Crippen molar-refractivity contribution in [1.82, 2.24) is 0 Å². The maximum Gasteiger partial charge on any atom is 0.310 e. The lowest BCUT2D eigenvalue weighted by atomic mass is 10.1. The highest BCUT2D eigenvalue weighted by Gasteiger charge is 2.32. The highest BCUT2D eigenvalue weighted by atomic mass is 31.2. The first-order valence-corrected chi connectivity index (χ1v) is 12.7. The molecule has 0 aliphatic rings. The molecule has 0 spiro atoms. The standard InChI is InChI=1S/C27H29O5P/c1-6-26(28)31-21-8-12-23(13-9-21)33(30,25-17-19(4)18(3)16-20(25)5)24-14-10-22(11-15-24)32-27(29)7-2/h8-17H,6-7H2,1-5H3. The van der Waals surface area contributed by atoms with Crippen LogP contribution >= 0.6 is 7.14 Å². The molecule has 0 N–H and O–H groups in total. The van der Waals surface area contributed by atoms with E-state index in [-0.39, 0.29) is 24.8 Å². The zero-order valence-corrected chi connectivity index (χ0v) is 20.6. The van der Waals surface area contributed by atoms with Crippen LogP contribution in [-0.4, -0.2) is 11.9 Å². The van der Waals surface area contributed by atoms with Gasteiger partial charge in [-0.15, -0.1) is 0 Å². The summed E-state index contributed by atoms with van der Waals surface area (Å²) in [5, 5.41) is 2.01. The zero-order valence-electron chi connectivity index (χ0n) is 19.7. The van der Waals surface area contributed by atoms with Crippen molar-refractivity contribution < 1.29 is 23.6 Å². The van der Waals surface area contributed by atoms with Gasteiger partial charge in [0, 0.05) is 28.8 Å². The van der Waals surface area contributed by atoms with Gasteiger partial charge < -0.3 is 14.0 Å². The van der Waals surface area contributed by atoms with Crippen molar-refractivity contribution in [3.8, 4) is 11.5 Å². The van der Waals surface area contributed by atoms with Crippen molar-refractivity contribution in [2.24, 2.45) is 0 Å². The molecule has 0 radical (unpaired) electrons. The molecule has 3 rings (SSSR count). The minimum absolute atomic E-state index is 0.275. The van der Waals surface area contributed by atoms with E-state index in [1.54, 1.807) is 62.4 Å². The van der Waals surface area contributed by atoms with Crippen molar-refractivity contribution in [3.63, 3.8) is 0 Å². The number of carbonyl (C=O) groups is 2. The second-order valence-electron chi connectivity index (χ2n) is 7.98. The number of aryl methyl sites for hydroxylation is 3. The van der Waals surface area contributed by atoms with E-state index in [1.807, 2.05) is 32.9 Å². The SMILES string of the molecule is CCC(=O)Oc1ccc(P(=O)(c2ccc(OC(=O)CC)cc2)c2cc(C)c(C)cc2C)cc1. The molecule has 0 saturated heterocycles. The lowest BCUT2D eigenvalue weighted by molar-refractivity contribution is -0.134.